The van der Waals surface area contributed by atoms with E-state index in [1.165, 1.54) is 41.6 Å². The largest absolute Gasteiger partial charge is 0.449 e. The molecule has 2 aromatic carbocycles. The minimum atomic E-state index is -3.53. The number of carbonyl (C=O) groups excluding carboxylic acids is 2. The van der Waals surface area contributed by atoms with E-state index in [2.05, 4.69) is 5.32 Å². The highest BCUT2D eigenvalue weighted by molar-refractivity contribution is 7.89. The molecular formula is C22H26N2O6S2. The highest BCUT2D eigenvalue weighted by Crippen LogP contribution is 2.22. The van der Waals surface area contributed by atoms with Gasteiger partial charge in [-0.05, 0) is 56.2 Å². The van der Waals surface area contributed by atoms with E-state index >= 15 is 0 Å². The summed E-state index contributed by atoms with van der Waals surface area (Å²) in [4.78, 5) is 25.5. The van der Waals surface area contributed by atoms with Gasteiger partial charge >= 0.3 is 5.97 Å². The van der Waals surface area contributed by atoms with Gasteiger partial charge in [0.15, 0.2) is 6.10 Å². The van der Waals surface area contributed by atoms with Gasteiger partial charge in [-0.15, -0.1) is 0 Å². The molecular weight excluding hydrogens is 452 g/mol. The lowest BCUT2D eigenvalue weighted by atomic mass is 10.2. The number of hydrogen-bond acceptors (Lipinski definition) is 6. The molecule has 172 valence electrons. The van der Waals surface area contributed by atoms with Gasteiger partial charge in [0.2, 0.25) is 10.0 Å². The Morgan fingerprint density at radius 3 is 2.34 bits per heavy atom. The molecule has 0 aromatic heterocycles. The predicted molar refractivity (Wildman–Crippen MR) is 121 cm³/mol. The number of carbonyl (C=O) groups is 2. The van der Waals surface area contributed by atoms with Crippen molar-refractivity contribution in [1.82, 2.24) is 4.31 Å². The number of benzene rings is 2. The first-order valence-corrected chi connectivity index (χ1v) is 13.1. The molecule has 0 saturated carbocycles. The van der Waals surface area contributed by atoms with Crippen molar-refractivity contribution in [3.05, 3.63) is 54.1 Å². The molecule has 1 heterocycles. The number of nitrogens with zero attached hydrogens (tertiary/aromatic N) is 1. The fourth-order valence-corrected chi connectivity index (χ4v) is 5.75. The second-order valence-electron chi connectivity index (χ2n) is 7.30. The van der Waals surface area contributed by atoms with Crippen LogP contribution >= 0.6 is 0 Å². The molecule has 10 heteroatoms. The summed E-state index contributed by atoms with van der Waals surface area (Å²) in [5, 5.41) is 2.61. The Kier molecular flexibility index (Phi) is 7.81. The molecule has 0 radical (unpaired) electrons. The number of nitrogens with one attached hydrogen (secondary N) is 1. The standard InChI is InChI=1S/C22H26N2O6S2/c1-3-31(27)20-9-5-4-8-19(20)22(26)30-16(2)21(25)23-17-10-12-18(13-11-17)32(28,29)24-14-6-7-15-24/h4-5,8-13,16H,3,6-7,14-15H2,1-2H3,(H,23,25)/t16-,31+/m0/s1. The Bertz CT molecular complexity index is 1110. The van der Waals surface area contributed by atoms with E-state index in [9.17, 15) is 22.2 Å². The summed E-state index contributed by atoms with van der Waals surface area (Å²) < 4.78 is 44.1. The van der Waals surface area contributed by atoms with Crippen molar-refractivity contribution in [1.29, 1.82) is 0 Å². The first-order valence-electron chi connectivity index (χ1n) is 10.3. The van der Waals surface area contributed by atoms with Gasteiger partial charge in [-0.1, -0.05) is 19.1 Å². The van der Waals surface area contributed by atoms with Crippen molar-refractivity contribution in [2.75, 3.05) is 24.2 Å². The van der Waals surface area contributed by atoms with Gasteiger partial charge in [-0.2, -0.15) is 4.31 Å². The van der Waals surface area contributed by atoms with Gasteiger partial charge in [0.05, 0.1) is 26.2 Å². The summed E-state index contributed by atoms with van der Waals surface area (Å²) in [6.07, 6.45) is 0.588. The molecule has 32 heavy (non-hydrogen) atoms. The molecule has 1 aliphatic rings. The molecule has 8 nitrogen and oxygen atoms in total. The predicted octanol–water partition coefficient (Wildman–Crippen LogP) is 2.78. The number of sulfonamides is 1. The number of hydrogen-bond donors (Lipinski definition) is 1. The van der Waals surface area contributed by atoms with E-state index in [4.69, 9.17) is 4.74 Å². The zero-order valence-electron chi connectivity index (χ0n) is 17.9. The lowest BCUT2D eigenvalue weighted by Crippen LogP contribution is -2.30. The van der Waals surface area contributed by atoms with E-state index < -0.39 is 38.8 Å². The third-order valence-electron chi connectivity index (χ3n) is 5.09. The molecule has 0 spiro atoms. The van der Waals surface area contributed by atoms with Crippen molar-refractivity contribution in [3.63, 3.8) is 0 Å². The third kappa shape index (κ3) is 5.43. The quantitative estimate of drug-likeness (QED) is 0.584. The van der Waals surface area contributed by atoms with Crippen LogP contribution in [0.2, 0.25) is 0 Å². The van der Waals surface area contributed by atoms with Crippen molar-refractivity contribution in [2.45, 2.75) is 42.6 Å². The van der Waals surface area contributed by atoms with E-state index in [-0.39, 0.29) is 10.5 Å². The second kappa shape index (κ2) is 10.4. The molecule has 1 fully saturated rings. The SMILES string of the molecule is CC[S@@](=O)c1ccccc1C(=O)O[C@@H](C)C(=O)Nc1ccc(S(=O)(=O)N2CCCC2)cc1. The molecule has 0 unspecified atom stereocenters. The Morgan fingerprint density at radius 2 is 1.72 bits per heavy atom. The fraction of sp³-hybridized carbons (Fsp3) is 0.364. The lowest BCUT2D eigenvalue weighted by Gasteiger charge is -2.17. The van der Waals surface area contributed by atoms with Gasteiger partial charge in [-0.25, -0.2) is 13.2 Å². The number of esters is 1. The third-order valence-corrected chi connectivity index (χ3v) is 8.38. The monoisotopic (exact) mass is 478 g/mol. The maximum absolute atomic E-state index is 12.6. The molecule has 3 rings (SSSR count). The van der Waals surface area contributed by atoms with Crippen molar-refractivity contribution < 1.29 is 27.0 Å². The van der Waals surface area contributed by atoms with Gasteiger partial charge in [-0.3, -0.25) is 9.00 Å². The smallest absolute Gasteiger partial charge is 0.340 e. The van der Waals surface area contributed by atoms with Crippen LogP contribution in [0.1, 0.15) is 37.0 Å². The van der Waals surface area contributed by atoms with Gasteiger partial charge in [0, 0.05) is 24.5 Å². The number of ether oxygens (including phenoxy) is 1. The fourth-order valence-electron chi connectivity index (χ4n) is 3.30. The molecule has 1 saturated heterocycles. The van der Waals surface area contributed by atoms with Crippen molar-refractivity contribution in [2.24, 2.45) is 0 Å². The Hall–Kier alpha value is -2.56. The van der Waals surface area contributed by atoms with Crippen LogP contribution in [-0.4, -0.2) is 53.8 Å². The zero-order chi connectivity index (χ0) is 23.3. The molecule has 2 aromatic rings. The van der Waals surface area contributed by atoms with Crippen molar-refractivity contribution in [3.8, 4) is 0 Å². The Balaban J connectivity index is 1.64. The van der Waals surface area contributed by atoms with E-state index in [1.807, 2.05) is 0 Å². The van der Waals surface area contributed by atoms with Crippen LogP contribution in [0.5, 0.6) is 0 Å². The van der Waals surface area contributed by atoms with E-state index in [0.717, 1.165) is 12.8 Å². The Morgan fingerprint density at radius 1 is 1.09 bits per heavy atom. The highest BCUT2D eigenvalue weighted by atomic mass is 32.2. The van der Waals surface area contributed by atoms with E-state index in [1.54, 1.807) is 25.1 Å². The first-order chi connectivity index (χ1) is 15.2. The van der Waals surface area contributed by atoms with Crippen LogP contribution in [0.15, 0.2) is 58.3 Å². The van der Waals surface area contributed by atoms with Crippen LogP contribution < -0.4 is 5.32 Å². The van der Waals surface area contributed by atoms with Gasteiger partial charge in [0.25, 0.3) is 5.91 Å². The molecule has 0 bridgehead atoms. The van der Waals surface area contributed by atoms with Crippen LogP contribution in [0.25, 0.3) is 0 Å². The van der Waals surface area contributed by atoms with Gasteiger partial charge < -0.3 is 10.1 Å². The molecule has 2 atom stereocenters. The van der Waals surface area contributed by atoms with Crippen LogP contribution in [0.4, 0.5) is 5.69 Å². The summed E-state index contributed by atoms with van der Waals surface area (Å²) in [6, 6.07) is 12.3. The summed E-state index contributed by atoms with van der Waals surface area (Å²) >= 11 is 0. The second-order valence-corrected chi connectivity index (χ2v) is 10.9. The minimum Gasteiger partial charge on any atom is -0.449 e. The minimum absolute atomic E-state index is 0.156. The average Bonchev–Trinajstić information content (AvgIpc) is 3.35. The summed E-state index contributed by atoms with van der Waals surface area (Å²) in [5.41, 5.74) is 0.537. The number of anilines is 1. The first kappa shape index (κ1) is 24.1. The summed E-state index contributed by atoms with van der Waals surface area (Å²) in [5.74, 6) is -0.955. The average molecular weight is 479 g/mol. The van der Waals surface area contributed by atoms with Crippen LogP contribution in [-0.2, 0) is 30.4 Å². The number of amides is 1. The molecule has 1 amide bonds. The zero-order valence-corrected chi connectivity index (χ0v) is 19.6. The summed E-state index contributed by atoms with van der Waals surface area (Å²) in [7, 11) is -4.88. The molecule has 1 N–H and O–H groups in total. The van der Waals surface area contributed by atoms with Crippen LogP contribution in [0.3, 0.4) is 0 Å². The van der Waals surface area contributed by atoms with Crippen molar-refractivity contribution >= 4 is 38.4 Å². The maximum Gasteiger partial charge on any atom is 0.340 e. The van der Waals surface area contributed by atoms with Gasteiger partial charge in [0.1, 0.15) is 0 Å². The normalized spacial score (nSPS) is 16.3. The number of rotatable bonds is 8. The maximum atomic E-state index is 12.6. The topological polar surface area (TPSA) is 110 Å². The molecule has 0 aliphatic carbocycles. The Labute approximate surface area is 190 Å². The summed E-state index contributed by atoms with van der Waals surface area (Å²) in [6.45, 7) is 4.20. The van der Waals surface area contributed by atoms with E-state index in [0.29, 0.717) is 29.4 Å². The molecule has 1 aliphatic heterocycles. The highest BCUT2D eigenvalue weighted by Gasteiger charge is 2.27. The lowest BCUT2D eigenvalue weighted by molar-refractivity contribution is -0.123. The van der Waals surface area contributed by atoms with Crippen LogP contribution in [0, 0.1) is 0 Å².